The number of hydrogen-bond acceptors (Lipinski definition) is 1. The van der Waals surface area contributed by atoms with Crippen molar-refractivity contribution >= 4 is 15.9 Å². The van der Waals surface area contributed by atoms with Crippen molar-refractivity contribution in [3.05, 3.63) is 34.3 Å². The molecule has 0 saturated carbocycles. The molecule has 0 aliphatic rings. The molecule has 72 valence electrons. The van der Waals surface area contributed by atoms with Crippen molar-refractivity contribution in [2.45, 2.75) is 19.8 Å². The molecule has 0 saturated heterocycles. The van der Waals surface area contributed by atoms with Gasteiger partial charge < -0.3 is 5.32 Å². The largest absolute Gasteiger partial charge is 0.316 e. The fraction of sp³-hybridized carbons (Fsp3) is 0.455. The van der Waals surface area contributed by atoms with Crippen LogP contribution in [0, 0.1) is 0 Å². The summed E-state index contributed by atoms with van der Waals surface area (Å²) in [5.41, 5.74) is 1.38. The smallest absolute Gasteiger partial charge is 0.0210 e. The van der Waals surface area contributed by atoms with Gasteiger partial charge in [0.2, 0.25) is 0 Å². The Morgan fingerprint density at radius 2 is 2.08 bits per heavy atom. The fourth-order valence-electron chi connectivity index (χ4n) is 1.35. The predicted molar refractivity (Wildman–Crippen MR) is 61.1 cm³/mol. The normalized spacial score (nSPS) is 12.8. The lowest BCUT2D eigenvalue weighted by Crippen LogP contribution is -2.19. The van der Waals surface area contributed by atoms with Gasteiger partial charge in [-0.2, -0.15) is 0 Å². The Balaban J connectivity index is 2.65. The Bertz CT molecular complexity index is 260. The topological polar surface area (TPSA) is 12.0 Å². The molecule has 0 spiro atoms. The first-order chi connectivity index (χ1) is 6.25. The number of likely N-dealkylation sites (N-methyl/N-ethyl adjacent to an activating group) is 1. The zero-order chi connectivity index (χ0) is 9.68. The van der Waals surface area contributed by atoms with Crippen LogP contribution in [0.2, 0.25) is 0 Å². The third-order valence-corrected chi connectivity index (χ3v) is 2.86. The van der Waals surface area contributed by atoms with E-state index in [9.17, 15) is 0 Å². The number of rotatable bonds is 4. The maximum Gasteiger partial charge on any atom is 0.0210 e. The Morgan fingerprint density at radius 1 is 1.38 bits per heavy atom. The highest BCUT2D eigenvalue weighted by atomic mass is 79.9. The maximum absolute atomic E-state index is 3.56. The summed E-state index contributed by atoms with van der Waals surface area (Å²) in [4.78, 5) is 0. The number of hydrogen-bond donors (Lipinski definition) is 1. The molecular weight excluding hydrogens is 226 g/mol. The van der Waals surface area contributed by atoms with Gasteiger partial charge in [-0.3, -0.25) is 0 Å². The molecule has 0 aliphatic heterocycles. The lowest BCUT2D eigenvalue weighted by Gasteiger charge is -2.13. The Hall–Kier alpha value is -0.340. The summed E-state index contributed by atoms with van der Waals surface area (Å²) in [5.74, 6) is 0.565. The average molecular weight is 242 g/mol. The van der Waals surface area contributed by atoms with Crippen LogP contribution in [0.5, 0.6) is 0 Å². The van der Waals surface area contributed by atoms with Gasteiger partial charge in [-0.05, 0) is 24.1 Å². The molecule has 0 aromatic heterocycles. The molecule has 1 aromatic carbocycles. The molecule has 1 aromatic rings. The van der Waals surface area contributed by atoms with Gasteiger partial charge in [0.05, 0.1) is 0 Å². The molecular formula is C11H16BrN. The van der Waals surface area contributed by atoms with Gasteiger partial charge in [0.15, 0.2) is 0 Å². The van der Waals surface area contributed by atoms with Gasteiger partial charge in [0.25, 0.3) is 0 Å². The van der Waals surface area contributed by atoms with Crippen LogP contribution in [0.3, 0.4) is 0 Å². The van der Waals surface area contributed by atoms with E-state index in [1.165, 1.54) is 10.0 Å². The summed E-state index contributed by atoms with van der Waals surface area (Å²) >= 11 is 3.56. The zero-order valence-electron chi connectivity index (χ0n) is 8.18. The molecule has 0 amide bonds. The summed E-state index contributed by atoms with van der Waals surface area (Å²) in [6.07, 6.45) is 0. The summed E-state index contributed by atoms with van der Waals surface area (Å²) in [5, 5.41) is 3.35. The minimum absolute atomic E-state index is 0.565. The first-order valence-corrected chi connectivity index (χ1v) is 5.50. The van der Waals surface area contributed by atoms with E-state index in [-0.39, 0.29) is 0 Å². The van der Waals surface area contributed by atoms with Gasteiger partial charge in [-0.25, -0.2) is 0 Å². The van der Waals surface area contributed by atoms with Crippen molar-refractivity contribution in [1.82, 2.24) is 5.32 Å². The number of benzene rings is 1. The fourth-order valence-corrected chi connectivity index (χ4v) is 2.02. The monoisotopic (exact) mass is 241 g/mol. The molecule has 1 rings (SSSR count). The van der Waals surface area contributed by atoms with Gasteiger partial charge in [0, 0.05) is 11.0 Å². The molecule has 1 N–H and O–H groups in total. The molecule has 0 fully saturated rings. The van der Waals surface area contributed by atoms with Crippen molar-refractivity contribution in [2.75, 3.05) is 13.1 Å². The van der Waals surface area contributed by atoms with Crippen LogP contribution < -0.4 is 5.32 Å². The lowest BCUT2D eigenvalue weighted by molar-refractivity contribution is 0.633. The van der Waals surface area contributed by atoms with Gasteiger partial charge >= 0.3 is 0 Å². The Kier molecular flexibility index (Phi) is 4.46. The summed E-state index contributed by atoms with van der Waals surface area (Å²) < 4.78 is 1.21. The van der Waals surface area contributed by atoms with Crippen molar-refractivity contribution in [1.29, 1.82) is 0 Å². The SMILES string of the molecule is CCNCC(C)c1ccccc1Br. The molecule has 0 aliphatic carbocycles. The standard InChI is InChI=1S/C11H16BrN/c1-3-13-8-9(2)10-6-4-5-7-11(10)12/h4-7,9,13H,3,8H2,1-2H3. The van der Waals surface area contributed by atoms with Crippen LogP contribution in [-0.2, 0) is 0 Å². The second-order valence-electron chi connectivity index (χ2n) is 3.23. The van der Waals surface area contributed by atoms with E-state index in [4.69, 9.17) is 0 Å². The number of nitrogens with one attached hydrogen (secondary N) is 1. The van der Waals surface area contributed by atoms with E-state index in [1.807, 2.05) is 6.07 Å². The molecule has 1 atom stereocenters. The molecule has 0 radical (unpaired) electrons. The minimum Gasteiger partial charge on any atom is -0.316 e. The second kappa shape index (κ2) is 5.40. The van der Waals surface area contributed by atoms with Gasteiger partial charge in [-0.15, -0.1) is 0 Å². The molecule has 2 heteroatoms. The predicted octanol–water partition coefficient (Wildman–Crippen LogP) is 3.16. The van der Waals surface area contributed by atoms with E-state index in [0.29, 0.717) is 5.92 Å². The molecule has 13 heavy (non-hydrogen) atoms. The van der Waals surface area contributed by atoms with Gasteiger partial charge in [-0.1, -0.05) is 48.0 Å². The molecule has 0 bridgehead atoms. The van der Waals surface area contributed by atoms with Crippen LogP contribution in [0.1, 0.15) is 25.3 Å². The van der Waals surface area contributed by atoms with Crippen molar-refractivity contribution in [2.24, 2.45) is 0 Å². The van der Waals surface area contributed by atoms with Crippen molar-refractivity contribution in [3.63, 3.8) is 0 Å². The van der Waals surface area contributed by atoms with E-state index in [2.05, 4.69) is 53.3 Å². The maximum atomic E-state index is 3.56. The highest BCUT2D eigenvalue weighted by Crippen LogP contribution is 2.23. The Morgan fingerprint density at radius 3 is 2.69 bits per heavy atom. The van der Waals surface area contributed by atoms with E-state index in [1.54, 1.807) is 0 Å². The number of halogens is 1. The molecule has 0 heterocycles. The van der Waals surface area contributed by atoms with E-state index >= 15 is 0 Å². The van der Waals surface area contributed by atoms with Crippen molar-refractivity contribution in [3.8, 4) is 0 Å². The van der Waals surface area contributed by atoms with Crippen LogP contribution in [0.25, 0.3) is 0 Å². The highest BCUT2D eigenvalue weighted by Gasteiger charge is 2.06. The quantitative estimate of drug-likeness (QED) is 0.855. The summed E-state index contributed by atoms with van der Waals surface area (Å²) in [6.45, 7) is 6.45. The average Bonchev–Trinajstić information content (AvgIpc) is 2.15. The van der Waals surface area contributed by atoms with Crippen LogP contribution in [0.15, 0.2) is 28.7 Å². The van der Waals surface area contributed by atoms with Crippen LogP contribution in [0.4, 0.5) is 0 Å². The summed E-state index contributed by atoms with van der Waals surface area (Å²) in [6, 6.07) is 8.40. The van der Waals surface area contributed by atoms with Gasteiger partial charge in [0.1, 0.15) is 0 Å². The second-order valence-corrected chi connectivity index (χ2v) is 4.08. The Labute approximate surface area is 88.7 Å². The summed E-state index contributed by atoms with van der Waals surface area (Å²) in [7, 11) is 0. The first kappa shape index (κ1) is 10.7. The molecule has 1 nitrogen and oxygen atoms in total. The van der Waals surface area contributed by atoms with Crippen LogP contribution in [-0.4, -0.2) is 13.1 Å². The van der Waals surface area contributed by atoms with E-state index in [0.717, 1.165) is 13.1 Å². The third-order valence-electron chi connectivity index (χ3n) is 2.14. The first-order valence-electron chi connectivity index (χ1n) is 4.70. The third kappa shape index (κ3) is 3.12. The minimum atomic E-state index is 0.565. The van der Waals surface area contributed by atoms with Crippen LogP contribution >= 0.6 is 15.9 Å². The lowest BCUT2D eigenvalue weighted by atomic mass is 10.0. The highest BCUT2D eigenvalue weighted by molar-refractivity contribution is 9.10. The zero-order valence-corrected chi connectivity index (χ0v) is 9.76. The van der Waals surface area contributed by atoms with Crippen molar-refractivity contribution < 1.29 is 0 Å². The molecule has 1 unspecified atom stereocenters. The van der Waals surface area contributed by atoms with E-state index < -0.39 is 0 Å².